The van der Waals surface area contributed by atoms with Crippen LogP contribution in [0.15, 0.2) is 36.4 Å². The van der Waals surface area contributed by atoms with Crippen LogP contribution in [0.2, 0.25) is 0 Å². The van der Waals surface area contributed by atoms with E-state index in [4.69, 9.17) is 0 Å². The van der Waals surface area contributed by atoms with Crippen molar-refractivity contribution in [1.82, 2.24) is 0 Å². The molecule has 2 aromatic rings. The Morgan fingerprint density at radius 3 is 2.33 bits per heavy atom. The summed E-state index contributed by atoms with van der Waals surface area (Å²) in [7, 11) is 0.945. The highest BCUT2D eigenvalue weighted by atomic mass is 31.0. The Morgan fingerprint density at radius 1 is 1.00 bits per heavy atom. The lowest BCUT2D eigenvalue weighted by molar-refractivity contribution is 0.957. The molecule has 1 aromatic heterocycles. The molecule has 0 saturated carbocycles. The van der Waals surface area contributed by atoms with E-state index in [1.54, 1.807) is 10.9 Å². The van der Waals surface area contributed by atoms with Gasteiger partial charge in [0.15, 0.2) is 0 Å². The molecule has 1 heterocycles. The highest BCUT2D eigenvalue weighted by Gasteiger charge is 2.01. The second kappa shape index (κ2) is 4.68. The summed E-state index contributed by atoms with van der Waals surface area (Å²) in [6, 6.07) is 13.1. The van der Waals surface area contributed by atoms with Gasteiger partial charge in [0.05, 0.1) is 0 Å². The van der Waals surface area contributed by atoms with Gasteiger partial charge < -0.3 is 0 Å². The number of hydrogen-bond donors (Lipinski definition) is 0. The molecular weight excluding hydrogens is 199 g/mol. The Morgan fingerprint density at radius 2 is 1.73 bits per heavy atom. The Kier molecular flexibility index (Phi) is 3.28. The van der Waals surface area contributed by atoms with E-state index in [9.17, 15) is 0 Å². The zero-order valence-corrected chi connectivity index (χ0v) is 10.4. The average Bonchev–Trinajstić information content (AvgIpc) is 2.56. The van der Waals surface area contributed by atoms with Crippen LogP contribution in [0.25, 0.3) is 0 Å². The highest BCUT2D eigenvalue weighted by molar-refractivity contribution is 7.32. The predicted molar refractivity (Wildman–Crippen MR) is 69.3 cm³/mol. The summed E-state index contributed by atoms with van der Waals surface area (Å²) in [5.74, 6) is 0. The summed E-state index contributed by atoms with van der Waals surface area (Å²) in [5, 5.41) is 3.12. The third-order valence-corrected chi connectivity index (χ3v) is 4.02. The average molecular weight is 216 g/mol. The van der Waals surface area contributed by atoms with Crippen molar-refractivity contribution in [2.75, 3.05) is 0 Å². The molecule has 0 fully saturated rings. The van der Waals surface area contributed by atoms with Crippen molar-refractivity contribution in [3.05, 3.63) is 58.1 Å². The molecule has 0 N–H and O–H groups in total. The van der Waals surface area contributed by atoms with Gasteiger partial charge in [0.25, 0.3) is 0 Å². The lowest BCUT2D eigenvalue weighted by atomic mass is 10.1. The maximum Gasteiger partial charge on any atom is -0.0232 e. The van der Waals surface area contributed by atoms with Crippen molar-refractivity contribution >= 4 is 8.19 Å². The first kappa shape index (κ1) is 10.5. The fraction of sp³-hybridized carbons (Fsp3) is 0.286. The first-order chi connectivity index (χ1) is 7.25. The van der Waals surface area contributed by atoms with Crippen molar-refractivity contribution in [2.24, 2.45) is 0 Å². The molecule has 0 spiro atoms. The Labute approximate surface area is 93.4 Å². The van der Waals surface area contributed by atoms with Crippen molar-refractivity contribution < 1.29 is 0 Å². The monoisotopic (exact) mass is 216 g/mol. The second-order valence-corrected chi connectivity index (χ2v) is 5.88. The van der Waals surface area contributed by atoms with Crippen LogP contribution >= 0.6 is 8.19 Å². The van der Waals surface area contributed by atoms with E-state index < -0.39 is 0 Å². The Balaban J connectivity index is 2.02. The standard InChI is InChI=1S/C14H17P/c1-11-10-14(12(2)15-11)9-8-13-6-4-3-5-7-13/h3-7,10,15H,8-9H2,1-2H3. The topological polar surface area (TPSA) is 0 Å². The van der Waals surface area contributed by atoms with Crippen LogP contribution < -0.4 is 0 Å². The lowest BCUT2D eigenvalue weighted by Gasteiger charge is -2.01. The molecular formula is C14H17P. The van der Waals surface area contributed by atoms with Crippen molar-refractivity contribution in [1.29, 1.82) is 0 Å². The summed E-state index contributed by atoms with van der Waals surface area (Å²) in [4.78, 5) is 0. The van der Waals surface area contributed by atoms with E-state index in [1.165, 1.54) is 23.7 Å². The number of aryl methyl sites for hydroxylation is 4. The number of benzene rings is 1. The lowest BCUT2D eigenvalue weighted by Crippen LogP contribution is -1.90. The Hall–Kier alpha value is -1.000. The van der Waals surface area contributed by atoms with Crippen LogP contribution in [-0.4, -0.2) is 0 Å². The maximum absolute atomic E-state index is 2.37. The van der Waals surface area contributed by atoms with Crippen LogP contribution in [0, 0.1) is 13.8 Å². The minimum atomic E-state index is 0.945. The van der Waals surface area contributed by atoms with E-state index in [1.807, 2.05) is 0 Å². The summed E-state index contributed by atoms with van der Waals surface area (Å²) < 4.78 is 0. The van der Waals surface area contributed by atoms with Crippen LogP contribution in [0.4, 0.5) is 0 Å². The molecule has 0 bridgehead atoms. The van der Waals surface area contributed by atoms with E-state index >= 15 is 0 Å². The SMILES string of the molecule is Cc1cc(CCc2ccccc2)c(C)[pH]1. The van der Waals surface area contributed by atoms with Gasteiger partial charge in [-0.05, 0) is 48.4 Å². The molecule has 0 aliphatic rings. The summed E-state index contributed by atoms with van der Waals surface area (Å²) in [6.07, 6.45) is 2.36. The molecule has 0 nitrogen and oxygen atoms in total. The summed E-state index contributed by atoms with van der Waals surface area (Å²) in [6.45, 7) is 4.50. The maximum atomic E-state index is 2.37. The first-order valence-corrected chi connectivity index (χ1v) is 6.45. The van der Waals surface area contributed by atoms with E-state index in [-0.39, 0.29) is 0 Å². The number of rotatable bonds is 3. The van der Waals surface area contributed by atoms with Crippen LogP contribution in [0.5, 0.6) is 0 Å². The third kappa shape index (κ3) is 2.73. The van der Waals surface area contributed by atoms with Gasteiger partial charge in [0.1, 0.15) is 0 Å². The van der Waals surface area contributed by atoms with Crippen LogP contribution in [0.1, 0.15) is 21.7 Å². The molecule has 0 saturated heterocycles. The second-order valence-electron chi connectivity index (χ2n) is 4.09. The van der Waals surface area contributed by atoms with Crippen molar-refractivity contribution in [3.63, 3.8) is 0 Å². The summed E-state index contributed by atoms with van der Waals surface area (Å²) in [5.41, 5.74) is 3.01. The smallest absolute Gasteiger partial charge is 0.0232 e. The van der Waals surface area contributed by atoms with Gasteiger partial charge in [-0.15, -0.1) is 8.19 Å². The van der Waals surface area contributed by atoms with Gasteiger partial charge in [-0.2, -0.15) is 0 Å². The molecule has 1 unspecified atom stereocenters. The fourth-order valence-corrected chi connectivity index (χ4v) is 3.16. The molecule has 1 atom stereocenters. The highest BCUT2D eigenvalue weighted by Crippen LogP contribution is 2.26. The molecule has 78 valence electrons. The van der Waals surface area contributed by atoms with Gasteiger partial charge >= 0.3 is 0 Å². The Bertz CT molecular complexity index is 426. The van der Waals surface area contributed by atoms with Gasteiger partial charge in [-0.25, -0.2) is 0 Å². The molecule has 15 heavy (non-hydrogen) atoms. The van der Waals surface area contributed by atoms with Crippen molar-refractivity contribution in [3.8, 4) is 0 Å². The van der Waals surface area contributed by atoms with Gasteiger partial charge in [-0.3, -0.25) is 0 Å². The predicted octanol–water partition coefficient (Wildman–Crippen LogP) is 4.12. The minimum Gasteiger partial charge on any atom is -0.134 e. The van der Waals surface area contributed by atoms with Gasteiger partial charge in [-0.1, -0.05) is 36.4 Å². The molecule has 0 aliphatic carbocycles. The minimum absolute atomic E-state index is 0.945. The van der Waals surface area contributed by atoms with Crippen LogP contribution in [0.3, 0.4) is 0 Å². The molecule has 0 amide bonds. The van der Waals surface area contributed by atoms with E-state index in [0.29, 0.717) is 0 Å². The molecule has 1 aromatic carbocycles. The zero-order valence-electron chi connectivity index (χ0n) is 9.38. The third-order valence-electron chi connectivity index (χ3n) is 2.78. The van der Waals surface area contributed by atoms with E-state index in [0.717, 1.165) is 8.19 Å². The molecule has 2 rings (SSSR count). The first-order valence-electron chi connectivity index (χ1n) is 5.45. The van der Waals surface area contributed by atoms with Crippen molar-refractivity contribution in [2.45, 2.75) is 26.7 Å². The molecule has 0 aliphatic heterocycles. The molecule has 1 heteroatoms. The van der Waals surface area contributed by atoms with Crippen LogP contribution in [-0.2, 0) is 12.8 Å². The quantitative estimate of drug-likeness (QED) is 0.724. The van der Waals surface area contributed by atoms with Gasteiger partial charge in [0.2, 0.25) is 0 Å². The largest absolute Gasteiger partial charge is 0.134 e. The number of hydrogen-bond acceptors (Lipinski definition) is 0. The normalized spacial score (nSPS) is 11.1. The molecule has 0 radical (unpaired) electrons. The summed E-state index contributed by atoms with van der Waals surface area (Å²) >= 11 is 0. The zero-order chi connectivity index (χ0) is 10.7. The fourth-order valence-electron chi connectivity index (χ4n) is 1.97. The van der Waals surface area contributed by atoms with E-state index in [2.05, 4.69) is 50.2 Å². The van der Waals surface area contributed by atoms with Gasteiger partial charge in [0, 0.05) is 0 Å².